The summed E-state index contributed by atoms with van der Waals surface area (Å²) in [5.74, 6) is -1.48. The van der Waals surface area contributed by atoms with Crippen molar-refractivity contribution in [2.24, 2.45) is 5.41 Å². The molecule has 3 aromatic carbocycles. The summed E-state index contributed by atoms with van der Waals surface area (Å²) >= 11 is 1.58. The van der Waals surface area contributed by atoms with Crippen LogP contribution in [0.4, 0.5) is 5.69 Å². The molecule has 0 saturated carbocycles. The van der Waals surface area contributed by atoms with E-state index in [0.717, 1.165) is 114 Å². The number of aliphatic hydroxyl groups excluding tert-OH is 1. The molecule has 19 heteroatoms. The number of carbonyl (C=O) groups excluding carboxylic acids is 4. The van der Waals surface area contributed by atoms with E-state index in [0.29, 0.717) is 43.6 Å². The lowest BCUT2D eigenvalue weighted by Gasteiger charge is -2.37. The van der Waals surface area contributed by atoms with Gasteiger partial charge >= 0.3 is 0 Å². The zero-order valence-electron chi connectivity index (χ0n) is 49.4. The second-order valence-electron chi connectivity index (χ2n) is 23.3. The summed E-state index contributed by atoms with van der Waals surface area (Å²) in [6.07, 6.45) is 1.06. The van der Waals surface area contributed by atoms with E-state index in [1.807, 2.05) is 97.3 Å². The van der Waals surface area contributed by atoms with Crippen LogP contribution in [0.2, 0.25) is 0 Å². The number of carbonyl (C=O) groups is 4. The predicted molar refractivity (Wildman–Crippen MR) is 321 cm³/mol. The highest BCUT2D eigenvalue weighted by Crippen LogP contribution is 2.35. The van der Waals surface area contributed by atoms with Crippen molar-refractivity contribution in [3.63, 3.8) is 0 Å². The number of piperazine rings is 1. The Hall–Kier alpha value is -6.32. The lowest BCUT2D eigenvalue weighted by Crippen LogP contribution is -2.58. The number of benzene rings is 3. The fraction of sp³-hybridized carbons (Fsp3) is 0.524. The first-order valence-electron chi connectivity index (χ1n) is 29.0. The molecule has 0 bridgehead atoms. The van der Waals surface area contributed by atoms with E-state index < -0.39 is 35.4 Å². The number of aryl methyl sites for hydroxylation is 3. The van der Waals surface area contributed by atoms with Crippen LogP contribution in [0.3, 0.4) is 0 Å². The zero-order chi connectivity index (χ0) is 58.7. The number of ether oxygens (including phenoxy) is 3. The van der Waals surface area contributed by atoms with E-state index in [9.17, 15) is 29.1 Å². The van der Waals surface area contributed by atoms with Crippen molar-refractivity contribution < 1.29 is 38.5 Å². The number of β-amino-alcohol motifs (C(OH)–C–C–N with tert-alkyl or cyclic N) is 1. The number of H-pyrrole nitrogens is 1. The Morgan fingerprint density at radius 1 is 0.878 bits per heavy atom. The van der Waals surface area contributed by atoms with E-state index in [4.69, 9.17) is 14.2 Å². The molecule has 4 amide bonds. The normalized spacial score (nSPS) is 18.0. The van der Waals surface area contributed by atoms with Crippen LogP contribution in [-0.4, -0.2) is 163 Å². The van der Waals surface area contributed by atoms with Gasteiger partial charge in [0.1, 0.15) is 18.7 Å². The number of hydrogen-bond donors (Lipinski definition) is 5. The highest BCUT2D eigenvalue weighted by atomic mass is 32.1. The number of nitrogens with zero attached hydrogens (tertiary/aromatic N) is 5. The van der Waals surface area contributed by atoms with Crippen LogP contribution >= 0.6 is 11.3 Å². The third kappa shape index (κ3) is 15.9. The highest BCUT2D eigenvalue weighted by Gasteiger charge is 2.45. The number of aromatic amines is 1. The number of nitrogens with one attached hydrogen (secondary N) is 4. The number of rotatable bonds is 23. The monoisotopic (exact) mass is 1140 g/mol. The second-order valence-corrected chi connectivity index (χ2v) is 24.1. The van der Waals surface area contributed by atoms with Gasteiger partial charge in [-0.3, -0.25) is 33.8 Å². The maximum absolute atomic E-state index is 14.1. The molecule has 0 aliphatic carbocycles. The van der Waals surface area contributed by atoms with Crippen molar-refractivity contribution in [3.05, 3.63) is 127 Å². The number of likely N-dealkylation sites (tertiary alicyclic amines) is 1. The molecule has 18 nitrogen and oxygen atoms in total. The first kappa shape index (κ1) is 61.7. The first-order valence-corrected chi connectivity index (χ1v) is 29.9. The van der Waals surface area contributed by atoms with Crippen molar-refractivity contribution in [1.82, 2.24) is 40.6 Å². The van der Waals surface area contributed by atoms with Crippen LogP contribution in [0.15, 0.2) is 77.0 Å². The van der Waals surface area contributed by atoms with Gasteiger partial charge in [-0.1, -0.05) is 69.3 Å². The van der Waals surface area contributed by atoms with E-state index in [1.165, 1.54) is 10.5 Å². The zero-order valence-corrected chi connectivity index (χ0v) is 50.2. The van der Waals surface area contributed by atoms with Crippen molar-refractivity contribution in [2.45, 2.75) is 125 Å². The molecule has 0 radical (unpaired) electrons. The maximum Gasteiger partial charge on any atom is 0.253 e. The minimum absolute atomic E-state index is 0.0166. The van der Waals surface area contributed by atoms with Gasteiger partial charge in [-0.05, 0) is 117 Å². The van der Waals surface area contributed by atoms with Crippen molar-refractivity contribution in [1.29, 1.82) is 0 Å². The van der Waals surface area contributed by atoms with Gasteiger partial charge in [-0.25, -0.2) is 4.98 Å². The summed E-state index contributed by atoms with van der Waals surface area (Å²) in [6, 6.07) is 20.8. The lowest BCUT2D eigenvalue weighted by atomic mass is 9.85. The SMILES string of the molecule is CCN(c1cc(-c2ccc(CN3CCN(CCOCCOCC(=O)NC(C(=O)N4C[C@H](O)C[C@H]4C(=O)NC(C)c4ccc(-c5scnc5C)cc4)C(C)(C)C)CC3)cc2)cc(C(=O)NCc2c(C)cc(C)[nH]c2=O)c1C)C1CCOCC1. The van der Waals surface area contributed by atoms with Crippen molar-refractivity contribution in [3.8, 4) is 21.6 Å². The van der Waals surface area contributed by atoms with Gasteiger partial charge in [-0.2, -0.15) is 0 Å². The molecule has 3 aliphatic heterocycles. The van der Waals surface area contributed by atoms with Crippen LogP contribution in [0.25, 0.3) is 21.6 Å². The number of hydrogen-bond acceptors (Lipinski definition) is 14. The molecular formula is C63H85N9O9S. The van der Waals surface area contributed by atoms with Gasteiger partial charge in [-0.15, -0.1) is 11.3 Å². The Bertz CT molecular complexity index is 3030. The molecule has 3 aliphatic rings. The molecule has 5 aromatic rings. The molecule has 3 fully saturated rings. The Kier molecular flexibility index (Phi) is 21.3. The summed E-state index contributed by atoms with van der Waals surface area (Å²) in [7, 11) is 0. The summed E-state index contributed by atoms with van der Waals surface area (Å²) in [6.45, 7) is 25.7. The standard InChI is InChI=1S/C63H85N9O9S/c1-10-71(50-19-26-79-27-20-50)54-33-49(32-52(42(54)4)59(75)64-35-53-40(2)31-41(3)66-60(53)76)47-13-11-45(12-14-47)36-70-23-21-69(22-24-70)25-28-80-29-30-81-38-56(74)68-58(63(7,8)9)62(78)72-37-51(73)34-55(72)61(77)67-43(5)46-15-17-48(18-16-46)57-44(6)65-39-82-57/h11-18,31-33,39,43,50-51,55,58,73H,10,19-30,34-38H2,1-9H3,(H,64,75)(H,66,76)(H,67,77)(H,68,74)/t43?,51-,55+,58?/m1/s1. The van der Waals surface area contributed by atoms with Crippen molar-refractivity contribution >= 4 is 40.7 Å². The van der Waals surface area contributed by atoms with Gasteiger partial charge in [0.05, 0.1) is 48.0 Å². The topological polar surface area (TPSA) is 211 Å². The smallest absolute Gasteiger partial charge is 0.253 e. The van der Waals surface area contributed by atoms with Gasteiger partial charge in [0.15, 0.2) is 0 Å². The second kappa shape index (κ2) is 28.3. The van der Waals surface area contributed by atoms with E-state index in [2.05, 4.69) is 77.9 Å². The fourth-order valence-corrected chi connectivity index (χ4v) is 12.2. The lowest BCUT2D eigenvalue weighted by molar-refractivity contribution is -0.144. The third-order valence-electron chi connectivity index (χ3n) is 16.2. The summed E-state index contributed by atoms with van der Waals surface area (Å²) in [5, 5.41) is 19.6. The largest absolute Gasteiger partial charge is 0.391 e. The molecule has 2 unspecified atom stereocenters. The van der Waals surface area contributed by atoms with Crippen LogP contribution in [-0.2, 0) is 41.7 Å². The number of anilines is 1. The summed E-state index contributed by atoms with van der Waals surface area (Å²) in [5.41, 5.74) is 11.8. The number of aliphatic hydroxyl groups is 1. The minimum atomic E-state index is -0.965. The number of thiazole rings is 1. The quantitative estimate of drug-likeness (QED) is 0.0424. The summed E-state index contributed by atoms with van der Waals surface area (Å²) in [4.78, 5) is 84.9. The molecule has 5 N–H and O–H groups in total. The molecule has 2 aromatic heterocycles. The predicted octanol–water partition coefficient (Wildman–Crippen LogP) is 6.86. The summed E-state index contributed by atoms with van der Waals surface area (Å²) < 4.78 is 17.3. The Morgan fingerprint density at radius 2 is 1.56 bits per heavy atom. The number of aromatic nitrogens is 2. The van der Waals surface area contributed by atoms with Crippen LogP contribution in [0.5, 0.6) is 0 Å². The molecule has 8 rings (SSSR count). The van der Waals surface area contributed by atoms with Gasteiger partial charge in [0, 0.05) is 107 Å². The van der Waals surface area contributed by atoms with Crippen LogP contribution < -0.4 is 26.4 Å². The average molecular weight is 1140 g/mol. The third-order valence-corrected chi connectivity index (χ3v) is 17.2. The molecule has 442 valence electrons. The molecule has 0 spiro atoms. The van der Waals surface area contributed by atoms with Crippen LogP contribution in [0, 0.1) is 33.1 Å². The highest BCUT2D eigenvalue weighted by molar-refractivity contribution is 7.13. The van der Waals surface area contributed by atoms with E-state index in [-0.39, 0.29) is 56.1 Å². The maximum atomic E-state index is 14.1. The Balaban J connectivity index is 0.760. The Morgan fingerprint density at radius 3 is 2.22 bits per heavy atom. The van der Waals surface area contributed by atoms with Gasteiger partial charge in [0.25, 0.3) is 11.5 Å². The van der Waals surface area contributed by atoms with E-state index >= 15 is 0 Å². The minimum Gasteiger partial charge on any atom is -0.391 e. The average Bonchev–Trinajstić information content (AvgIpc) is 3.83. The molecule has 82 heavy (non-hydrogen) atoms. The molecule has 3 saturated heterocycles. The van der Waals surface area contributed by atoms with Gasteiger partial charge < -0.3 is 50.1 Å². The first-order chi connectivity index (χ1) is 39.3. The Labute approximate surface area is 487 Å². The fourth-order valence-electron chi connectivity index (χ4n) is 11.4. The molecular weight excluding hydrogens is 1060 g/mol. The van der Waals surface area contributed by atoms with E-state index in [1.54, 1.807) is 11.3 Å². The van der Waals surface area contributed by atoms with Crippen molar-refractivity contribution in [2.75, 3.05) is 90.4 Å². The van der Waals surface area contributed by atoms with Crippen LogP contribution in [0.1, 0.15) is 109 Å². The molecule has 5 heterocycles. The molecule has 4 atom stereocenters. The number of amides is 4. The van der Waals surface area contributed by atoms with Gasteiger partial charge in [0.2, 0.25) is 17.7 Å². The number of pyridine rings is 1.